The van der Waals surface area contributed by atoms with Gasteiger partial charge in [-0.2, -0.15) is 0 Å². The van der Waals surface area contributed by atoms with Gasteiger partial charge in [0.15, 0.2) is 0 Å². The molecule has 2 N–H and O–H groups in total. The highest BCUT2D eigenvalue weighted by Gasteiger charge is 2.09. The van der Waals surface area contributed by atoms with E-state index >= 15 is 0 Å². The standard InChI is InChI=1S/C11H24N/c1-4-6-8-11(7-5-2)9-10(3)12/h9-11H,4-8,12H2,1-3H3. The predicted octanol–water partition coefficient (Wildman–Crippen LogP) is 3.14. The predicted molar refractivity (Wildman–Crippen MR) is 55.9 cm³/mol. The van der Waals surface area contributed by atoms with Crippen LogP contribution in [0.4, 0.5) is 0 Å². The molecule has 0 amide bonds. The van der Waals surface area contributed by atoms with E-state index in [9.17, 15) is 0 Å². The van der Waals surface area contributed by atoms with Crippen LogP contribution in [0.5, 0.6) is 0 Å². The van der Waals surface area contributed by atoms with Crippen LogP contribution < -0.4 is 5.73 Å². The van der Waals surface area contributed by atoms with Crippen molar-refractivity contribution in [1.29, 1.82) is 0 Å². The van der Waals surface area contributed by atoms with E-state index < -0.39 is 0 Å². The quantitative estimate of drug-likeness (QED) is 0.624. The van der Waals surface area contributed by atoms with Crippen LogP contribution in [-0.2, 0) is 0 Å². The van der Waals surface area contributed by atoms with Crippen molar-refractivity contribution in [2.45, 2.75) is 58.9 Å². The van der Waals surface area contributed by atoms with E-state index in [1.165, 1.54) is 32.1 Å². The minimum atomic E-state index is 0.262. The van der Waals surface area contributed by atoms with E-state index in [2.05, 4.69) is 27.2 Å². The first kappa shape index (κ1) is 12.0. The summed E-state index contributed by atoms with van der Waals surface area (Å²) in [6.45, 7) is 6.55. The molecule has 0 aliphatic heterocycles. The fourth-order valence-corrected chi connectivity index (χ4v) is 1.60. The zero-order chi connectivity index (χ0) is 9.40. The van der Waals surface area contributed by atoms with Crippen molar-refractivity contribution in [3.63, 3.8) is 0 Å². The maximum atomic E-state index is 5.74. The number of rotatable bonds is 7. The molecular formula is C11H24N. The number of unbranched alkanes of at least 4 members (excludes halogenated alkanes) is 1. The molecule has 0 heterocycles. The molecule has 2 unspecified atom stereocenters. The third-order valence-corrected chi connectivity index (χ3v) is 2.16. The van der Waals surface area contributed by atoms with Gasteiger partial charge in [0, 0.05) is 6.04 Å². The van der Waals surface area contributed by atoms with Gasteiger partial charge in [-0.05, 0) is 19.3 Å². The molecule has 0 aliphatic carbocycles. The van der Waals surface area contributed by atoms with E-state index in [-0.39, 0.29) is 6.04 Å². The van der Waals surface area contributed by atoms with E-state index in [4.69, 9.17) is 5.73 Å². The van der Waals surface area contributed by atoms with Crippen LogP contribution in [0.1, 0.15) is 52.9 Å². The van der Waals surface area contributed by atoms with Gasteiger partial charge >= 0.3 is 0 Å². The molecular weight excluding hydrogens is 146 g/mol. The van der Waals surface area contributed by atoms with E-state index in [1.54, 1.807) is 0 Å². The van der Waals surface area contributed by atoms with Crippen molar-refractivity contribution in [3.05, 3.63) is 6.42 Å². The summed E-state index contributed by atoms with van der Waals surface area (Å²) in [4.78, 5) is 0. The highest BCUT2D eigenvalue weighted by molar-refractivity contribution is 4.83. The molecule has 0 spiro atoms. The van der Waals surface area contributed by atoms with Crippen LogP contribution in [0.3, 0.4) is 0 Å². The summed E-state index contributed by atoms with van der Waals surface area (Å²) < 4.78 is 0. The lowest BCUT2D eigenvalue weighted by Gasteiger charge is -2.17. The molecule has 12 heavy (non-hydrogen) atoms. The first-order valence-electron chi connectivity index (χ1n) is 5.31. The van der Waals surface area contributed by atoms with Crippen LogP contribution in [-0.4, -0.2) is 6.04 Å². The second kappa shape index (κ2) is 7.60. The Hall–Kier alpha value is -0.0400. The Labute approximate surface area is 77.7 Å². The molecule has 0 saturated heterocycles. The lowest BCUT2D eigenvalue weighted by atomic mass is 9.91. The molecule has 0 bridgehead atoms. The Bertz CT molecular complexity index is 89.0. The average molecular weight is 170 g/mol. The molecule has 0 rings (SSSR count). The molecule has 0 aromatic carbocycles. The van der Waals surface area contributed by atoms with Gasteiger partial charge in [-0.1, -0.05) is 46.0 Å². The van der Waals surface area contributed by atoms with Crippen LogP contribution in [0.2, 0.25) is 0 Å². The summed E-state index contributed by atoms with van der Waals surface area (Å²) in [5.74, 6) is 0.759. The van der Waals surface area contributed by atoms with Gasteiger partial charge in [0.2, 0.25) is 0 Å². The largest absolute Gasteiger partial charge is 0.328 e. The second-order valence-corrected chi connectivity index (χ2v) is 3.74. The summed E-state index contributed by atoms with van der Waals surface area (Å²) in [6, 6.07) is 0.262. The van der Waals surface area contributed by atoms with Gasteiger partial charge in [0.05, 0.1) is 0 Å². The molecule has 2 atom stereocenters. The lowest BCUT2D eigenvalue weighted by Crippen LogP contribution is -2.20. The molecule has 0 fully saturated rings. The Morgan fingerprint density at radius 3 is 2.25 bits per heavy atom. The van der Waals surface area contributed by atoms with Crippen LogP contribution in [0, 0.1) is 12.3 Å². The SMILES string of the molecule is CCCCC([CH]C(C)N)CCC. The third-order valence-electron chi connectivity index (χ3n) is 2.16. The second-order valence-electron chi connectivity index (χ2n) is 3.74. The zero-order valence-electron chi connectivity index (χ0n) is 8.84. The van der Waals surface area contributed by atoms with Crippen molar-refractivity contribution in [2.75, 3.05) is 0 Å². The Balaban J connectivity index is 3.54. The van der Waals surface area contributed by atoms with Crippen molar-refractivity contribution in [3.8, 4) is 0 Å². The van der Waals surface area contributed by atoms with Gasteiger partial charge in [-0.15, -0.1) is 0 Å². The minimum Gasteiger partial charge on any atom is -0.328 e. The molecule has 73 valence electrons. The Morgan fingerprint density at radius 2 is 1.83 bits per heavy atom. The smallest absolute Gasteiger partial charge is 0.00447 e. The van der Waals surface area contributed by atoms with Crippen molar-refractivity contribution in [1.82, 2.24) is 0 Å². The van der Waals surface area contributed by atoms with Gasteiger partial charge < -0.3 is 5.73 Å². The summed E-state index contributed by atoms with van der Waals surface area (Å²) in [7, 11) is 0. The summed E-state index contributed by atoms with van der Waals surface area (Å²) in [5, 5.41) is 0. The van der Waals surface area contributed by atoms with Crippen molar-refractivity contribution in [2.24, 2.45) is 11.7 Å². The average Bonchev–Trinajstić information content (AvgIpc) is 2.00. The maximum Gasteiger partial charge on any atom is 0.00447 e. The highest BCUT2D eigenvalue weighted by atomic mass is 14.6. The van der Waals surface area contributed by atoms with Crippen LogP contribution in [0.25, 0.3) is 0 Å². The first-order valence-corrected chi connectivity index (χ1v) is 5.31. The molecule has 0 saturated carbocycles. The lowest BCUT2D eigenvalue weighted by molar-refractivity contribution is 0.460. The third kappa shape index (κ3) is 6.66. The van der Waals surface area contributed by atoms with Crippen molar-refractivity contribution < 1.29 is 0 Å². The number of nitrogens with two attached hydrogens (primary N) is 1. The van der Waals surface area contributed by atoms with Gasteiger partial charge in [-0.25, -0.2) is 0 Å². The molecule has 0 aromatic rings. The fourth-order valence-electron chi connectivity index (χ4n) is 1.60. The summed E-state index contributed by atoms with van der Waals surface area (Å²) in [5.41, 5.74) is 5.74. The van der Waals surface area contributed by atoms with Crippen LogP contribution in [0.15, 0.2) is 0 Å². The van der Waals surface area contributed by atoms with E-state index in [0.29, 0.717) is 0 Å². The fraction of sp³-hybridized carbons (Fsp3) is 0.909. The minimum absolute atomic E-state index is 0.262. The molecule has 1 radical (unpaired) electrons. The molecule has 0 aliphatic rings. The first-order chi connectivity index (χ1) is 5.70. The summed E-state index contributed by atoms with van der Waals surface area (Å²) >= 11 is 0. The number of hydrogen-bond donors (Lipinski definition) is 1. The monoisotopic (exact) mass is 170 g/mol. The molecule has 0 aromatic heterocycles. The number of hydrogen-bond acceptors (Lipinski definition) is 1. The van der Waals surface area contributed by atoms with Gasteiger partial charge in [0.25, 0.3) is 0 Å². The summed E-state index contributed by atoms with van der Waals surface area (Å²) in [6.07, 6.45) is 8.85. The van der Waals surface area contributed by atoms with E-state index in [0.717, 1.165) is 5.92 Å². The normalized spacial score (nSPS) is 16.0. The van der Waals surface area contributed by atoms with Crippen molar-refractivity contribution >= 4 is 0 Å². The highest BCUT2D eigenvalue weighted by Crippen LogP contribution is 2.18. The van der Waals surface area contributed by atoms with Gasteiger partial charge in [0.1, 0.15) is 0 Å². The topological polar surface area (TPSA) is 26.0 Å². The molecule has 1 heteroatoms. The molecule has 1 nitrogen and oxygen atoms in total. The zero-order valence-corrected chi connectivity index (χ0v) is 8.84. The van der Waals surface area contributed by atoms with Gasteiger partial charge in [-0.3, -0.25) is 0 Å². The van der Waals surface area contributed by atoms with E-state index in [1.807, 2.05) is 0 Å². The van der Waals surface area contributed by atoms with Crippen LogP contribution >= 0.6 is 0 Å². The maximum absolute atomic E-state index is 5.74. The Kier molecular flexibility index (Phi) is 7.58. The Morgan fingerprint density at radius 1 is 1.17 bits per heavy atom.